The molecule has 172 valence electrons. The maximum absolute atomic E-state index is 2.82. The van der Waals surface area contributed by atoms with Crippen LogP contribution in [0.2, 0.25) is 0 Å². The summed E-state index contributed by atoms with van der Waals surface area (Å²) in [5, 5.41) is 0. The highest BCUT2D eigenvalue weighted by molar-refractivity contribution is 5.85. The molecule has 1 unspecified atom stereocenters. The first-order valence-corrected chi connectivity index (χ1v) is 11.9. The lowest BCUT2D eigenvalue weighted by Crippen LogP contribution is -2.51. The van der Waals surface area contributed by atoms with Crippen molar-refractivity contribution >= 4 is 24.8 Å². The molecule has 0 amide bonds. The van der Waals surface area contributed by atoms with Gasteiger partial charge in [-0.15, -0.1) is 24.8 Å². The largest absolute Gasteiger partial charge is 0.298 e. The van der Waals surface area contributed by atoms with Crippen molar-refractivity contribution in [2.24, 2.45) is 0 Å². The number of halogens is 2. The van der Waals surface area contributed by atoms with E-state index in [1.807, 2.05) is 0 Å². The second-order valence-electron chi connectivity index (χ2n) is 9.19. The van der Waals surface area contributed by atoms with Gasteiger partial charge in [0.05, 0.1) is 0 Å². The van der Waals surface area contributed by atoms with Crippen molar-refractivity contribution in [2.75, 3.05) is 26.2 Å². The second-order valence-corrected chi connectivity index (χ2v) is 9.19. The molecule has 1 aliphatic carbocycles. The molecular weight excluding hydrogens is 423 g/mol. The van der Waals surface area contributed by atoms with E-state index in [9.17, 15) is 0 Å². The first-order valence-electron chi connectivity index (χ1n) is 11.9. The van der Waals surface area contributed by atoms with E-state index in [2.05, 4.69) is 71.3 Å². The van der Waals surface area contributed by atoms with Gasteiger partial charge in [0.25, 0.3) is 0 Å². The van der Waals surface area contributed by atoms with E-state index < -0.39 is 0 Å². The number of hydrogen-bond acceptors (Lipinski definition) is 2. The maximum Gasteiger partial charge on any atom is 0.0389 e. The Kier molecular flexibility index (Phi) is 11.4. The monoisotopic (exact) mass is 462 g/mol. The Labute approximate surface area is 202 Å². The average Bonchev–Trinajstić information content (AvgIpc) is 2.73. The minimum atomic E-state index is 0. The zero-order valence-electron chi connectivity index (χ0n) is 19.0. The van der Waals surface area contributed by atoms with E-state index in [1.165, 1.54) is 87.8 Å². The van der Waals surface area contributed by atoms with Crippen molar-refractivity contribution in [3.63, 3.8) is 0 Å². The Hall–Kier alpha value is -1.06. The highest BCUT2D eigenvalue weighted by Gasteiger charge is 2.28. The molecule has 0 radical (unpaired) electrons. The van der Waals surface area contributed by atoms with Crippen molar-refractivity contribution in [3.8, 4) is 0 Å². The summed E-state index contributed by atoms with van der Waals surface area (Å²) >= 11 is 0. The molecule has 1 aliphatic heterocycles. The lowest BCUT2D eigenvalue weighted by Gasteiger charge is -2.43. The number of rotatable bonds is 5. The first kappa shape index (κ1) is 26.2. The molecule has 1 atom stereocenters. The van der Waals surface area contributed by atoms with Crippen molar-refractivity contribution in [1.29, 1.82) is 0 Å². The van der Waals surface area contributed by atoms with Crippen molar-refractivity contribution < 1.29 is 0 Å². The van der Waals surface area contributed by atoms with Crippen LogP contribution in [-0.2, 0) is 6.42 Å². The Bertz CT molecular complexity index is 736. The minimum Gasteiger partial charge on any atom is -0.298 e. The molecule has 4 heteroatoms. The van der Waals surface area contributed by atoms with E-state index in [1.54, 1.807) is 0 Å². The van der Waals surface area contributed by atoms with Crippen molar-refractivity contribution in [3.05, 3.63) is 71.3 Å². The van der Waals surface area contributed by atoms with Crippen LogP contribution in [0.1, 0.15) is 67.7 Å². The van der Waals surface area contributed by atoms with Crippen LogP contribution in [0.4, 0.5) is 0 Å². The predicted octanol–water partition coefficient (Wildman–Crippen LogP) is 6.85. The van der Waals surface area contributed by atoms with Crippen molar-refractivity contribution in [1.82, 2.24) is 9.80 Å². The van der Waals surface area contributed by atoms with Gasteiger partial charge in [0.15, 0.2) is 0 Å². The fourth-order valence-electron chi connectivity index (χ4n) is 5.41. The van der Waals surface area contributed by atoms with Crippen molar-refractivity contribution in [2.45, 2.75) is 70.4 Å². The summed E-state index contributed by atoms with van der Waals surface area (Å²) in [7, 11) is 0. The van der Waals surface area contributed by atoms with Gasteiger partial charge >= 0.3 is 0 Å². The zero-order valence-corrected chi connectivity index (χ0v) is 20.7. The molecule has 1 saturated heterocycles. The molecule has 31 heavy (non-hydrogen) atoms. The molecule has 1 heterocycles. The molecule has 2 aliphatic rings. The molecule has 0 spiro atoms. The van der Waals surface area contributed by atoms with Gasteiger partial charge in [-0.3, -0.25) is 9.80 Å². The zero-order chi connectivity index (χ0) is 19.9. The van der Waals surface area contributed by atoms with Crippen LogP contribution in [0, 0.1) is 6.92 Å². The summed E-state index contributed by atoms with van der Waals surface area (Å²) in [5.41, 5.74) is 4.29. The minimum absolute atomic E-state index is 0. The summed E-state index contributed by atoms with van der Waals surface area (Å²) in [4.78, 5) is 5.56. The molecule has 2 aromatic carbocycles. The quantitative estimate of drug-likeness (QED) is 0.478. The third kappa shape index (κ3) is 7.49. The Morgan fingerprint density at radius 3 is 2.06 bits per heavy atom. The molecule has 2 aromatic rings. The number of nitrogens with zero attached hydrogens (tertiary/aromatic N) is 2. The fraction of sp³-hybridized carbons (Fsp3) is 0.556. The summed E-state index contributed by atoms with van der Waals surface area (Å²) in [6.45, 7) is 7.07. The summed E-state index contributed by atoms with van der Waals surface area (Å²) < 4.78 is 0. The van der Waals surface area contributed by atoms with Gasteiger partial charge in [-0.1, -0.05) is 92.3 Å². The second kappa shape index (κ2) is 13.5. The van der Waals surface area contributed by atoms with Crippen LogP contribution in [0.25, 0.3) is 0 Å². The van der Waals surface area contributed by atoms with E-state index in [0.29, 0.717) is 6.04 Å². The molecular formula is C27H40Cl2N2. The van der Waals surface area contributed by atoms with Gasteiger partial charge in [0.1, 0.15) is 0 Å². The number of hydrogen-bond donors (Lipinski definition) is 0. The third-order valence-electron chi connectivity index (χ3n) is 7.08. The molecule has 1 saturated carbocycles. The van der Waals surface area contributed by atoms with E-state index in [4.69, 9.17) is 0 Å². The normalized spacial score (nSPS) is 20.0. The Balaban J connectivity index is 0.00000171. The van der Waals surface area contributed by atoms with E-state index in [0.717, 1.165) is 12.5 Å². The highest BCUT2D eigenvalue weighted by atomic mass is 35.5. The number of aryl methyl sites for hydroxylation is 1. The van der Waals surface area contributed by atoms with Gasteiger partial charge in [-0.25, -0.2) is 0 Å². The van der Waals surface area contributed by atoms with Crippen LogP contribution >= 0.6 is 24.8 Å². The topological polar surface area (TPSA) is 6.48 Å². The Morgan fingerprint density at radius 1 is 0.774 bits per heavy atom. The van der Waals surface area contributed by atoms with Crippen LogP contribution in [0.3, 0.4) is 0 Å². The molecule has 2 nitrogen and oxygen atoms in total. The summed E-state index contributed by atoms with van der Waals surface area (Å²) in [6, 6.07) is 21.6. The molecule has 2 fully saturated rings. The SMILES string of the molecule is Cc1cccc(CC(c2ccccc2)N2CCN(C3CCCCCCC3)CC2)c1.Cl.Cl. The third-order valence-corrected chi connectivity index (χ3v) is 7.08. The fourth-order valence-corrected chi connectivity index (χ4v) is 5.41. The molecule has 0 bridgehead atoms. The first-order chi connectivity index (χ1) is 14.3. The summed E-state index contributed by atoms with van der Waals surface area (Å²) in [6.07, 6.45) is 11.2. The lowest BCUT2D eigenvalue weighted by atomic mass is 9.94. The van der Waals surface area contributed by atoms with E-state index >= 15 is 0 Å². The smallest absolute Gasteiger partial charge is 0.0389 e. The molecule has 0 aromatic heterocycles. The van der Waals surface area contributed by atoms with E-state index in [-0.39, 0.29) is 24.8 Å². The van der Waals surface area contributed by atoms with Gasteiger partial charge in [0.2, 0.25) is 0 Å². The number of piperazine rings is 1. The van der Waals surface area contributed by atoms with Crippen LogP contribution in [0.15, 0.2) is 54.6 Å². The summed E-state index contributed by atoms with van der Waals surface area (Å²) in [5.74, 6) is 0. The average molecular weight is 464 g/mol. The van der Waals surface area contributed by atoms with Crippen LogP contribution < -0.4 is 0 Å². The number of benzene rings is 2. The molecule has 0 N–H and O–H groups in total. The molecule has 4 rings (SSSR count). The predicted molar refractivity (Wildman–Crippen MR) is 138 cm³/mol. The van der Waals surface area contributed by atoms with Gasteiger partial charge in [0, 0.05) is 38.3 Å². The maximum atomic E-state index is 2.82. The van der Waals surface area contributed by atoms with Crippen LogP contribution in [0.5, 0.6) is 0 Å². The van der Waals surface area contributed by atoms with Gasteiger partial charge in [-0.2, -0.15) is 0 Å². The van der Waals surface area contributed by atoms with Gasteiger partial charge < -0.3 is 0 Å². The van der Waals surface area contributed by atoms with Crippen LogP contribution in [-0.4, -0.2) is 42.0 Å². The Morgan fingerprint density at radius 2 is 1.42 bits per heavy atom. The van der Waals surface area contributed by atoms with Gasteiger partial charge in [-0.05, 0) is 37.3 Å². The lowest BCUT2D eigenvalue weighted by molar-refractivity contribution is 0.0595. The standard InChI is InChI=1S/C27H38N2.2ClH/c1-23-11-10-12-24(21-23)22-27(25-13-6-5-7-14-25)29-19-17-28(18-20-29)26-15-8-3-2-4-9-16-26;;/h5-7,10-14,21,26-27H,2-4,8-9,15-20,22H2,1H3;2*1H. The highest BCUT2D eigenvalue weighted by Crippen LogP contribution is 2.28.